The minimum absolute atomic E-state index is 0.0179. The van der Waals surface area contributed by atoms with Crippen LogP contribution in [0.15, 0.2) is 12.7 Å². The summed E-state index contributed by atoms with van der Waals surface area (Å²) in [4.78, 5) is 0. The molecule has 0 aromatic carbocycles. The van der Waals surface area contributed by atoms with Crippen LogP contribution in [0.2, 0.25) is 0 Å². The number of ether oxygens (including phenoxy) is 1. The van der Waals surface area contributed by atoms with Gasteiger partial charge in [0.2, 0.25) is 0 Å². The van der Waals surface area contributed by atoms with Gasteiger partial charge in [-0.2, -0.15) is 0 Å². The van der Waals surface area contributed by atoms with Crippen molar-refractivity contribution in [1.29, 1.82) is 0 Å². The Kier molecular flexibility index (Phi) is 5.29. The van der Waals surface area contributed by atoms with Gasteiger partial charge in [0.05, 0.1) is 11.6 Å². The summed E-state index contributed by atoms with van der Waals surface area (Å²) in [5.74, 6) is 5.64. The average molecular weight is 212 g/mol. The molecule has 0 amide bonds. The zero-order valence-corrected chi connectivity index (χ0v) is 9.80. The second kappa shape index (κ2) is 6.26. The van der Waals surface area contributed by atoms with E-state index >= 15 is 0 Å². The first-order chi connectivity index (χ1) is 7.29. The number of nitrogens with one attached hydrogen (secondary N) is 1. The molecule has 0 aromatic rings. The van der Waals surface area contributed by atoms with Crippen LogP contribution in [-0.2, 0) is 4.74 Å². The minimum Gasteiger partial charge on any atom is -0.377 e. The minimum atomic E-state index is -0.0179. The molecule has 1 saturated carbocycles. The predicted octanol–water partition coefficient (Wildman–Crippen LogP) is 2.13. The van der Waals surface area contributed by atoms with Gasteiger partial charge in [-0.3, -0.25) is 11.3 Å². The third-order valence-electron chi connectivity index (χ3n) is 3.59. The van der Waals surface area contributed by atoms with Gasteiger partial charge in [0.1, 0.15) is 0 Å². The van der Waals surface area contributed by atoms with Gasteiger partial charge in [-0.1, -0.05) is 18.9 Å². The van der Waals surface area contributed by atoms with Crippen molar-refractivity contribution < 1.29 is 4.74 Å². The zero-order valence-electron chi connectivity index (χ0n) is 9.80. The first kappa shape index (κ1) is 12.7. The van der Waals surface area contributed by atoms with Crippen molar-refractivity contribution in [3.63, 3.8) is 0 Å². The summed E-state index contributed by atoms with van der Waals surface area (Å²) >= 11 is 0. The van der Waals surface area contributed by atoms with Crippen molar-refractivity contribution in [3.8, 4) is 0 Å². The molecule has 3 N–H and O–H groups in total. The Morgan fingerprint density at radius 2 is 2.20 bits per heavy atom. The smallest absolute Gasteiger partial charge is 0.0844 e. The Bertz CT molecular complexity index is 188. The first-order valence-electron chi connectivity index (χ1n) is 5.91. The molecule has 0 aliphatic heterocycles. The number of hydrogen-bond donors (Lipinski definition) is 2. The lowest BCUT2D eigenvalue weighted by Crippen LogP contribution is -2.53. The summed E-state index contributed by atoms with van der Waals surface area (Å²) in [6.07, 6.45) is 9.99. The number of rotatable bonds is 7. The molecule has 0 saturated heterocycles. The molecule has 0 bridgehead atoms. The van der Waals surface area contributed by atoms with E-state index in [1.54, 1.807) is 0 Å². The van der Waals surface area contributed by atoms with E-state index in [2.05, 4.69) is 12.0 Å². The number of hydrogen-bond acceptors (Lipinski definition) is 3. The van der Waals surface area contributed by atoms with Crippen LogP contribution in [0, 0.1) is 0 Å². The normalized spacial score (nSPS) is 21.5. The Morgan fingerprint density at radius 1 is 1.53 bits per heavy atom. The summed E-state index contributed by atoms with van der Waals surface area (Å²) in [6.45, 7) is 3.74. The highest BCUT2D eigenvalue weighted by Gasteiger charge is 2.40. The summed E-state index contributed by atoms with van der Waals surface area (Å²) in [7, 11) is 1.81. The predicted molar refractivity (Wildman–Crippen MR) is 63.4 cm³/mol. The molecule has 1 rings (SSSR count). The van der Waals surface area contributed by atoms with Gasteiger partial charge in [-0.15, -0.1) is 6.58 Å². The lowest BCUT2D eigenvalue weighted by atomic mass is 9.88. The molecule has 0 heterocycles. The van der Waals surface area contributed by atoms with Gasteiger partial charge in [-0.05, 0) is 32.1 Å². The van der Waals surface area contributed by atoms with Crippen molar-refractivity contribution in [2.75, 3.05) is 7.11 Å². The third kappa shape index (κ3) is 3.03. The van der Waals surface area contributed by atoms with Gasteiger partial charge in [0.15, 0.2) is 0 Å². The summed E-state index contributed by atoms with van der Waals surface area (Å²) < 4.78 is 5.71. The molecule has 0 spiro atoms. The molecule has 3 heteroatoms. The quantitative estimate of drug-likeness (QED) is 0.294. The Balaban J connectivity index is 2.50. The highest BCUT2D eigenvalue weighted by Crippen LogP contribution is 2.36. The number of allylic oxidation sites excluding steroid dienone is 1. The monoisotopic (exact) mass is 212 g/mol. The van der Waals surface area contributed by atoms with Crippen molar-refractivity contribution in [3.05, 3.63) is 12.7 Å². The highest BCUT2D eigenvalue weighted by molar-refractivity contribution is 4.96. The van der Waals surface area contributed by atoms with Crippen LogP contribution in [0.1, 0.15) is 44.9 Å². The Hall–Kier alpha value is -0.380. The number of hydrazine groups is 1. The molecule has 3 nitrogen and oxygen atoms in total. The molecule has 1 aliphatic rings. The van der Waals surface area contributed by atoms with Crippen LogP contribution >= 0.6 is 0 Å². The van der Waals surface area contributed by atoms with Gasteiger partial charge >= 0.3 is 0 Å². The second-order valence-electron chi connectivity index (χ2n) is 4.41. The Labute approximate surface area is 93.0 Å². The number of nitrogens with two attached hydrogens (primary N) is 1. The van der Waals surface area contributed by atoms with Gasteiger partial charge < -0.3 is 4.74 Å². The summed E-state index contributed by atoms with van der Waals surface area (Å²) in [6, 6.07) is 0.282. The van der Waals surface area contributed by atoms with E-state index in [9.17, 15) is 0 Å². The van der Waals surface area contributed by atoms with Gasteiger partial charge in [0.25, 0.3) is 0 Å². The maximum absolute atomic E-state index is 5.71. The van der Waals surface area contributed by atoms with E-state index in [1.807, 2.05) is 13.2 Å². The number of unbranched alkanes of at least 4 members (excludes halogenated alkanes) is 1. The molecular formula is C12H24N2O. The molecule has 1 unspecified atom stereocenters. The fraction of sp³-hybridized carbons (Fsp3) is 0.833. The van der Waals surface area contributed by atoms with Crippen molar-refractivity contribution in [1.82, 2.24) is 5.43 Å². The molecule has 1 atom stereocenters. The maximum Gasteiger partial charge on any atom is 0.0844 e. The van der Waals surface area contributed by atoms with Gasteiger partial charge in [0, 0.05) is 7.11 Å². The van der Waals surface area contributed by atoms with E-state index in [1.165, 1.54) is 12.8 Å². The molecule has 15 heavy (non-hydrogen) atoms. The molecule has 1 aliphatic carbocycles. The largest absolute Gasteiger partial charge is 0.377 e. The fourth-order valence-corrected chi connectivity index (χ4v) is 2.63. The van der Waals surface area contributed by atoms with Crippen molar-refractivity contribution in [2.24, 2.45) is 5.84 Å². The molecular weight excluding hydrogens is 188 g/mol. The van der Waals surface area contributed by atoms with Crippen LogP contribution in [0.3, 0.4) is 0 Å². The fourth-order valence-electron chi connectivity index (χ4n) is 2.63. The molecule has 88 valence electrons. The van der Waals surface area contributed by atoms with Crippen molar-refractivity contribution in [2.45, 2.75) is 56.6 Å². The summed E-state index contributed by atoms with van der Waals surface area (Å²) in [5, 5.41) is 0. The average Bonchev–Trinajstić information content (AvgIpc) is 2.74. The van der Waals surface area contributed by atoms with Crippen molar-refractivity contribution >= 4 is 0 Å². The van der Waals surface area contributed by atoms with Crippen LogP contribution in [0.4, 0.5) is 0 Å². The second-order valence-corrected chi connectivity index (χ2v) is 4.41. The maximum atomic E-state index is 5.71. The van der Waals surface area contributed by atoms with Crippen LogP contribution in [-0.4, -0.2) is 18.8 Å². The lowest BCUT2D eigenvalue weighted by Gasteiger charge is -2.36. The van der Waals surface area contributed by atoms with Crippen LogP contribution < -0.4 is 11.3 Å². The van der Waals surface area contributed by atoms with Crippen LogP contribution in [0.25, 0.3) is 0 Å². The van der Waals surface area contributed by atoms with E-state index in [0.29, 0.717) is 0 Å². The molecule has 0 radical (unpaired) electrons. The zero-order chi connectivity index (χ0) is 11.1. The van der Waals surface area contributed by atoms with Crippen LogP contribution in [0.5, 0.6) is 0 Å². The van der Waals surface area contributed by atoms with E-state index < -0.39 is 0 Å². The molecule has 0 aromatic heterocycles. The van der Waals surface area contributed by atoms with E-state index in [-0.39, 0.29) is 11.6 Å². The van der Waals surface area contributed by atoms with Gasteiger partial charge in [-0.25, -0.2) is 0 Å². The number of methoxy groups -OCH3 is 1. The Morgan fingerprint density at radius 3 is 2.67 bits per heavy atom. The van der Waals surface area contributed by atoms with E-state index in [0.717, 1.165) is 32.1 Å². The third-order valence-corrected chi connectivity index (χ3v) is 3.59. The standard InChI is InChI=1S/C12H24N2O/c1-3-4-5-8-11(14-13)12(15-2)9-6-7-10-12/h3,11,14H,1,4-10,13H2,2H3. The highest BCUT2D eigenvalue weighted by atomic mass is 16.5. The summed E-state index contributed by atoms with van der Waals surface area (Å²) in [5.41, 5.74) is 2.92. The lowest BCUT2D eigenvalue weighted by molar-refractivity contribution is -0.0382. The first-order valence-corrected chi connectivity index (χ1v) is 5.91. The topological polar surface area (TPSA) is 47.3 Å². The van der Waals surface area contributed by atoms with E-state index in [4.69, 9.17) is 10.6 Å². The molecule has 1 fully saturated rings. The SMILES string of the molecule is C=CCCCC(NN)C1(OC)CCCC1.